The Kier molecular flexibility index (Phi) is 7.21. The molecule has 0 radical (unpaired) electrons. The van der Waals surface area contributed by atoms with E-state index in [4.69, 9.17) is 9.47 Å². The fourth-order valence-electron chi connectivity index (χ4n) is 2.73. The van der Waals surface area contributed by atoms with Crippen molar-refractivity contribution in [2.24, 2.45) is 0 Å². The molecule has 0 aliphatic carbocycles. The van der Waals surface area contributed by atoms with E-state index in [9.17, 15) is 14.4 Å². The minimum Gasteiger partial charge on any atom is -0.452 e. The van der Waals surface area contributed by atoms with Gasteiger partial charge in [0.15, 0.2) is 6.61 Å². The minimum atomic E-state index is -0.590. The molecule has 0 unspecified atom stereocenters. The summed E-state index contributed by atoms with van der Waals surface area (Å²) in [5.74, 6) is -0.726. The van der Waals surface area contributed by atoms with E-state index < -0.39 is 17.7 Å². The van der Waals surface area contributed by atoms with E-state index in [0.717, 1.165) is 38.8 Å². The number of benzene rings is 1. The monoisotopic (exact) mass is 376 g/mol. The number of anilines is 1. The Balaban J connectivity index is 1.82. The SMILES string of the molecule is CC(C)(C)OC(=O)Nc1ccc(C(=O)OCC(=O)N2CCCCCC2)cc1. The van der Waals surface area contributed by atoms with E-state index in [1.54, 1.807) is 37.8 Å². The molecule has 2 rings (SSSR count). The van der Waals surface area contributed by atoms with Crippen LogP contribution in [0.5, 0.6) is 0 Å². The van der Waals surface area contributed by atoms with E-state index in [1.807, 2.05) is 0 Å². The predicted molar refractivity (Wildman–Crippen MR) is 102 cm³/mol. The second-order valence-electron chi connectivity index (χ2n) is 7.58. The molecule has 1 heterocycles. The first-order chi connectivity index (χ1) is 12.7. The maximum atomic E-state index is 12.2. The van der Waals surface area contributed by atoms with Gasteiger partial charge in [-0.25, -0.2) is 9.59 Å². The summed E-state index contributed by atoms with van der Waals surface area (Å²) in [7, 11) is 0. The maximum Gasteiger partial charge on any atom is 0.412 e. The molecule has 1 aliphatic heterocycles. The van der Waals surface area contributed by atoms with Crippen LogP contribution in [0.1, 0.15) is 56.8 Å². The van der Waals surface area contributed by atoms with Gasteiger partial charge in [0.2, 0.25) is 0 Å². The number of amides is 2. The Labute approximate surface area is 160 Å². The van der Waals surface area contributed by atoms with Gasteiger partial charge in [-0.2, -0.15) is 0 Å². The summed E-state index contributed by atoms with van der Waals surface area (Å²) in [5, 5.41) is 2.59. The molecule has 1 aromatic rings. The highest BCUT2D eigenvalue weighted by atomic mass is 16.6. The van der Waals surface area contributed by atoms with Crippen molar-refractivity contribution in [2.75, 3.05) is 25.0 Å². The molecule has 1 aromatic carbocycles. The summed E-state index contributed by atoms with van der Waals surface area (Å²) >= 11 is 0. The Hall–Kier alpha value is -2.57. The van der Waals surface area contributed by atoms with Gasteiger partial charge in [-0.1, -0.05) is 12.8 Å². The van der Waals surface area contributed by atoms with Crippen molar-refractivity contribution in [3.63, 3.8) is 0 Å². The number of likely N-dealkylation sites (tertiary alicyclic amines) is 1. The highest BCUT2D eigenvalue weighted by Crippen LogP contribution is 2.14. The molecular weight excluding hydrogens is 348 g/mol. The molecule has 0 aromatic heterocycles. The first-order valence-electron chi connectivity index (χ1n) is 9.29. The molecule has 7 heteroatoms. The van der Waals surface area contributed by atoms with Crippen molar-refractivity contribution >= 4 is 23.7 Å². The molecular formula is C20H28N2O5. The fraction of sp³-hybridized carbons (Fsp3) is 0.550. The molecule has 2 amide bonds. The standard InChI is InChI=1S/C20H28N2O5/c1-20(2,3)27-19(25)21-16-10-8-15(9-11-16)18(24)26-14-17(23)22-12-6-4-5-7-13-22/h8-11H,4-7,12-14H2,1-3H3,(H,21,25). The summed E-state index contributed by atoms with van der Waals surface area (Å²) < 4.78 is 10.3. The Morgan fingerprint density at radius 1 is 1.00 bits per heavy atom. The number of esters is 1. The van der Waals surface area contributed by atoms with Crippen LogP contribution in [0.25, 0.3) is 0 Å². The number of carbonyl (C=O) groups is 3. The van der Waals surface area contributed by atoms with E-state index in [2.05, 4.69) is 5.32 Å². The average molecular weight is 376 g/mol. The number of nitrogens with zero attached hydrogens (tertiary/aromatic N) is 1. The van der Waals surface area contributed by atoms with E-state index in [1.165, 1.54) is 12.1 Å². The van der Waals surface area contributed by atoms with E-state index in [-0.39, 0.29) is 12.5 Å². The summed E-state index contributed by atoms with van der Waals surface area (Å²) in [5.41, 5.74) is 0.225. The second kappa shape index (κ2) is 9.39. The van der Waals surface area contributed by atoms with Crippen LogP contribution in [-0.4, -0.2) is 48.2 Å². The van der Waals surface area contributed by atoms with Gasteiger partial charge in [0, 0.05) is 18.8 Å². The molecule has 27 heavy (non-hydrogen) atoms. The third-order valence-electron chi connectivity index (χ3n) is 4.05. The molecule has 7 nitrogen and oxygen atoms in total. The van der Waals surface area contributed by atoms with Gasteiger partial charge >= 0.3 is 12.1 Å². The van der Waals surface area contributed by atoms with Crippen molar-refractivity contribution < 1.29 is 23.9 Å². The van der Waals surface area contributed by atoms with Crippen LogP contribution in [-0.2, 0) is 14.3 Å². The van der Waals surface area contributed by atoms with Crippen molar-refractivity contribution in [3.8, 4) is 0 Å². The van der Waals surface area contributed by atoms with Crippen LogP contribution < -0.4 is 5.32 Å². The lowest BCUT2D eigenvalue weighted by Crippen LogP contribution is -2.35. The number of carbonyl (C=O) groups excluding carboxylic acids is 3. The Bertz CT molecular complexity index is 656. The number of rotatable bonds is 4. The zero-order valence-corrected chi connectivity index (χ0v) is 16.2. The molecule has 0 spiro atoms. The van der Waals surface area contributed by atoms with Gasteiger partial charge in [0.1, 0.15) is 5.60 Å². The molecule has 1 saturated heterocycles. The van der Waals surface area contributed by atoms with Crippen LogP contribution in [0, 0.1) is 0 Å². The van der Waals surface area contributed by atoms with Crippen LogP contribution in [0.15, 0.2) is 24.3 Å². The number of hydrogen-bond acceptors (Lipinski definition) is 5. The van der Waals surface area contributed by atoms with Gasteiger partial charge in [0.05, 0.1) is 5.56 Å². The van der Waals surface area contributed by atoms with Crippen LogP contribution in [0.4, 0.5) is 10.5 Å². The summed E-state index contributed by atoms with van der Waals surface area (Å²) in [6.07, 6.45) is 3.68. The van der Waals surface area contributed by atoms with E-state index in [0.29, 0.717) is 11.3 Å². The van der Waals surface area contributed by atoms with Gasteiger partial charge in [0.25, 0.3) is 5.91 Å². The zero-order chi connectivity index (χ0) is 19.9. The maximum absolute atomic E-state index is 12.2. The van der Waals surface area contributed by atoms with Crippen LogP contribution >= 0.6 is 0 Å². The number of ether oxygens (including phenoxy) is 2. The molecule has 0 saturated carbocycles. The molecule has 1 aliphatic rings. The smallest absolute Gasteiger partial charge is 0.412 e. The molecule has 148 valence electrons. The van der Waals surface area contributed by atoms with E-state index >= 15 is 0 Å². The zero-order valence-electron chi connectivity index (χ0n) is 16.2. The summed E-state index contributed by atoms with van der Waals surface area (Å²) in [6.45, 7) is 6.52. The average Bonchev–Trinajstić information content (AvgIpc) is 2.87. The normalized spacial score (nSPS) is 14.9. The topological polar surface area (TPSA) is 84.9 Å². The fourth-order valence-corrected chi connectivity index (χ4v) is 2.73. The quantitative estimate of drug-likeness (QED) is 0.812. The minimum absolute atomic E-state index is 0.159. The van der Waals surface area contributed by atoms with Crippen molar-refractivity contribution in [1.82, 2.24) is 4.90 Å². The molecule has 1 N–H and O–H groups in total. The number of hydrogen-bond donors (Lipinski definition) is 1. The van der Waals surface area contributed by atoms with Gasteiger partial charge in [-0.15, -0.1) is 0 Å². The largest absolute Gasteiger partial charge is 0.452 e. The van der Waals surface area contributed by atoms with Crippen molar-refractivity contribution in [1.29, 1.82) is 0 Å². The number of nitrogens with one attached hydrogen (secondary N) is 1. The highest BCUT2D eigenvalue weighted by molar-refractivity contribution is 5.92. The summed E-state index contributed by atoms with van der Waals surface area (Å²) in [4.78, 5) is 37.8. The molecule has 0 atom stereocenters. The third kappa shape index (κ3) is 7.29. The molecule has 0 bridgehead atoms. The van der Waals surface area contributed by atoms with Crippen molar-refractivity contribution in [2.45, 2.75) is 52.1 Å². The third-order valence-corrected chi connectivity index (χ3v) is 4.05. The van der Waals surface area contributed by atoms with Gasteiger partial charge < -0.3 is 14.4 Å². The highest BCUT2D eigenvalue weighted by Gasteiger charge is 2.18. The lowest BCUT2D eigenvalue weighted by Gasteiger charge is -2.20. The van der Waals surface area contributed by atoms with Gasteiger partial charge in [-0.05, 0) is 57.9 Å². The Morgan fingerprint density at radius 2 is 1.59 bits per heavy atom. The summed E-state index contributed by atoms with van der Waals surface area (Å²) in [6, 6.07) is 6.23. The lowest BCUT2D eigenvalue weighted by atomic mass is 10.2. The molecule has 1 fully saturated rings. The Morgan fingerprint density at radius 3 is 2.15 bits per heavy atom. The van der Waals surface area contributed by atoms with Crippen LogP contribution in [0.3, 0.4) is 0 Å². The van der Waals surface area contributed by atoms with Crippen LogP contribution in [0.2, 0.25) is 0 Å². The lowest BCUT2D eigenvalue weighted by molar-refractivity contribution is -0.134. The first-order valence-corrected chi connectivity index (χ1v) is 9.29. The predicted octanol–water partition coefficient (Wildman–Crippen LogP) is 3.59. The second-order valence-corrected chi connectivity index (χ2v) is 7.58. The van der Waals surface area contributed by atoms with Gasteiger partial charge in [-0.3, -0.25) is 10.1 Å². The first kappa shape index (κ1) is 20.7. The van der Waals surface area contributed by atoms with Crippen molar-refractivity contribution in [3.05, 3.63) is 29.8 Å².